The molecule has 0 unspecified atom stereocenters. The molecule has 0 bridgehead atoms. The second-order valence-electron chi connectivity index (χ2n) is 4.79. The summed E-state index contributed by atoms with van der Waals surface area (Å²) in [5.74, 6) is 0.775. The maximum Gasteiger partial charge on any atom is 0.0640 e. The summed E-state index contributed by atoms with van der Waals surface area (Å²) in [6.07, 6.45) is 7.43. The molecule has 0 aliphatic heterocycles. The van der Waals surface area contributed by atoms with Crippen LogP contribution < -0.4 is 5.32 Å². The summed E-state index contributed by atoms with van der Waals surface area (Å²) in [5.41, 5.74) is 2.61. The molecule has 1 aromatic rings. The Morgan fingerprint density at radius 2 is 1.82 bits per heavy atom. The summed E-state index contributed by atoms with van der Waals surface area (Å²) in [6.45, 7) is 0.735. The fourth-order valence-corrected chi connectivity index (χ4v) is 2.57. The third kappa shape index (κ3) is 3.49. The first-order chi connectivity index (χ1) is 8.40. The van der Waals surface area contributed by atoms with Gasteiger partial charge in [-0.3, -0.25) is 0 Å². The lowest BCUT2D eigenvalue weighted by atomic mass is 9.84. The summed E-state index contributed by atoms with van der Waals surface area (Å²) in [6, 6.07) is 10.9. The third-order valence-electron chi connectivity index (χ3n) is 3.55. The van der Waals surface area contributed by atoms with Crippen LogP contribution in [-0.4, -0.2) is 6.54 Å². The molecule has 17 heavy (non-hydrogen) atoms. The number of benzene rings is 1. The van der Waals surface area contributed by atoms with E-state index in [0.29, 0.717) is 6.42 Å². The van der Waals surface area contributed by atoms with E-state index in [1.807, 2.05) is 0 Å². The fourth-order valence-electron chi connectivity index (χ4n) is 2.57. The molecule has 1 N–H and O–H groups in total. The Morgan fingerprint density at radius 1 is 1.12 bits per heavy atom. The first-order valence-electron chi connectivity index (χ1n) is 6.61. The molecule has 1 saturated carbocycles. The van der Waals surface area contributed by atoms with Crippen LogP contribution in [0.25, 0.3) is 0 Å². The molecule has 0 radical (unpaired) electrons. The van der Waals surface area contributed by atoms with E-state index in [0.717, 1.165) is 18.2 Å². The second-order valence-corrected chi connectivity index (χ2v) is 4.79. The summed E-state index contributed by atoms with van der Waals surface area (Å²) < 4.78 is 0. The standard InChI is InChI=1S/C15H20N2/c16-11-4-12-17-15-9-7-14(8-10-15)13-5-2-1-3-6-13/h7-10,13,17H,1-6,12H2. The lowest BCUT2D eigenvalue weighted by molar-refractivity contribution is 0.443. The predicted octanol–water partition coefficient (Wildman–Crippen LogP) is 4.06. The Balaban J connectivity index is 1.90. The van der Waals surface area contributed by atoms with Crippen molar-refractivity contribution < 1.29 is 0 Å². The van der Waals surface area contributed by atoms with Crippen LogP contribution in [0.1, 0.15) is 50.0 Å². The first kappa shape index (κ1) is 12.0. The van der Waals surface area contributed by atoms with Crippen molar-refractivity contribution in [2.75, 3.05) is 11.9 Å². The molecule has 0 atom stereocenters. The highest BCUT2D eigenvalue weighted by atomic mass is 14.9. The van der Waals surface area contributed by atoms with Gasteiger partial charge in [0.25, 0.3) is 0 Å². The molecule has 0 spiro atoms. The Bertz CT molecular complexity index is 369. The molecular weight excluding hydrogens is 208 g/mol. The minimum absolute atomic E-state index is 0.560. The van der Waals surface area contributed by atoms with Crippen molar-refractivity contribution in [3.63, 3.8) is 0 Å². The van der Waals surface area contributed by atoms with Gasteiger partial charge in [-0.05, 0) is 36.5 Å². The van der Waals surface area contributed by atoms with Gasteiger partial charge >= 0.3 is 0 Å². The average Bonchev–Trinajstić information content (AvgIpc) is 2.41. The van der Waals surface area contributed by atoms with Crippen molar-refractivity contribution in [1.29, 1.82) is 5.26 Å². The van der Waals surface area contributed by atoms with Crippen LogP contribution >= 0.6 is 0 Å². The number of nitriles is 1. The smallest absolute Gasteiger partial charge is 0.0640 e. The summed E-state index contributed by atoms with van der Waals surface area (Å²) >= 11 is 0. The van der Waals surface area contributed by atoms with Gasteiger partial charge in [0.15, 0.2) is 0 Å². The molecule has 0 heterocycles. The van der Waals surface area contributed by atoms with Gasteiger partial charge in [-0.15, -0.1) is 0 Å². The maximum absolute atomic E-state index is 8.47. The van der Waals surface area contributed by atoms with Crippen LogP contribution in [0.4, 0.5) is 5.69 Å². The summed E-state index contributed by atoms with van der Waals surface area (Å²) in [7, 11) is 0. The van der Waals surface area contributed by atoms with E-state index in [2.05, 4.69) is 35.7 Å². The van der Waals surface area contributed by atoms with Crippen LogP contribution in [0.5, 0.6) is 0 Å². The van der Waals surface area contributed by atoms with E-state index in [1.54, 1.807) is 0 Å². The van der Waals surface area contributed by atoms with Gasteiger partial charge in [0, 0.05) is 12.2 Å². The topological polar surface area (TPSA) is 35.8 Å². The highest BCUT2D eigenvalue weighted by Gasteiger charge is 2.14. The second kappa shape index (κ2) is 6.30. The van der Waals surface area contributed by atoms with Gasteiger partial charge in [-0.1, -0.05) is 31.4 Å². The van der Waals surface area contributed by atoms with E-state index < -0.39 is 0 Å². The van der Waals surface area contributed by atoms with Crippen LogP contribution in [-0.2, 0) is 0 Å². The molecule has 1 aromatic carbocycles. The molecule has 1 fully saturated rings. The number of hydrogen-bond acceptors (Lipinski definition) is 2. The van der Waals surface area contributed by atoms with Crippen LogP contribution in [0, 0.1) is 11.3 Å². The minimum Gasteiger partial charge on any atom is -0.384 e. The predicted molar refractivity (Wildman–Crippen MR) is 71.0 cm³/mol. The van der Waals surface area contributed by atoms with Gasteiger partial charge in [0.2, 0.25) is 0 Å². The van der Waals surface area contributed by atoms with Crippen molar-refractivity contribution in [3.8, 4) is 6.07 Å². The van der Waals surface area contributed by atoms with E-state index in [1.165, 1.54) is 37.7 Å². The quantitative estimate of drug-likeness (QED) is 0.789. The minimum atomic E-state index is 0.560. The fraction of sp³-hybridized carbons (Fsp3) is 0.533. The van der Waals surface area contributed by atoms with Gasteiger partial charge in [-0.25, -0.2) is 0 Å². The van der Waals surface area contributed by atoms with Crippen molar-refractivity contribution >= 4 is 5.69 Å². The van der Waals surface area contributed by atoms with E-state index >= 15 is 0 Å². The number of anilines is 1. The third-order valence-corrected chi connectivity index (χ3v) is 3.55. The Labute approximate surface area is 104 Å². The van der Waals surface area contributed by atoms with E-state index in [4.69, 9.17) is 5.26 Å². The van der Waals surface area contributed by atoms with Crippen LogP contribution in [0.2, 0.25) is 0 Å². The molecule has 2 rings (SSSR count). The van der Waals surface area contributed by atoms with Crippen LogP contribution in [0.3, 0.4) is 0 Å². The molecule has 1 aliphatic rings. The van der Waals surface area contributed by atoms with Gasteiger partial charge in [-0.2, -0.15) is 5.26 Å². The number of hydrogen-bond donors (Lipinski definition) is 1. The van der Waals surface area contributed by atoms with Gasteiger partial charge in [0.05, 0.1) is 12.5 Å². The lowest BCUT2D eigenvalue weighted by Crippen LogP contribution is -2.05. The molecule has 0 aromatic heterocycles. The lowest BCUT2D eigenvalue weighted by Gasteiger charge is -2.22. The highest BCUT2D eigenvalue weighted by Crippen LogP contribution is 2.32. The highest BCUT2D eigenvalue weighted by molar-refractivity contribution is 5.45. The maximum atomic E-state index is 8.47. The van der Waals surface area contributed by atoms with Crippen molar-refractivity contribution in [3.05, 3.63) is 29.8 Å². The molecule has 1 aliphatic carbocycles. The first-order valence-corrected chi connectivity index (χ1v) is 6.61. The van der Waals surface area contributed by atoms with Gasteiger partial charge in [0.1, 0.15) is 0 Å². The molecule has 90 valence electrons. The Hall–Kier alpha value is -1.49. The van der Waals surface area contributed by atoms with Crippen molar-refractivity contribution in [2.24, 2.45) is 0 Å². The monoisotopic (exact) mass is 228 g/mol. The number of rotatable bonds is 4. The molecule has 2 heteroatoms. The summed E-state index contributed by atoms with van der Waals surface area (Å²) in [4.78, 5) is 0. The van der Waals surface area contributed by atoms with Gasteiger partial charge < -0.3 is 5.32 Å². The number of nitrogens with one attached hydrogen (secondary N) is 1. The zero-order valence-electron chi connectivity index (χ0n) is 10.3. The molecule has 0 saturated heterocycles. The number of nitrogens with zero attached hydrogens (tertiary/aromatic N) is 1. The summed E-state index contributed by atoms with van der Waals surface area (Å²) in [5, 5.41) is 11.7. The Kier molecular flexibility index (Phi) is 4.44. The Morgan fingerprint density at radius 3 is 2.47 bits per heavy atom. The van der Waals surface area contributed by atoms with Crippen molar-refractivity contribution in [1.82, 2.24) is 0 Å². The van der Waals surface area contributed by atoms with E-state index in [-0.39, 0.29) is 0 Å². The van der Waals surface area contributed by atoms with Crippen LogP contribution in [0.15, 0.2) is 24.3 Å². The SMILES string of the molecule is N#CCCNc1ccc(C2CCCCC2)cc1. The largest absolute Gasteiger partial charge is 0.384 e. The zero-order chi connectivity index (χ0) is 11.9. The molecular formula is C15H20N2. The van der Waals surface area contributed by atoms with Crippen molar-refractivity contribution in [2.45, 2.75) is 44.4 Å². The van der Waals surface area contributed by atoms with E-state index in [9.17, 15) is 0 Å². The molecule has 2 nitrogen and oxygen atoms in total. The zero-order valence-corrected chi connectivity index (χ0v) is 10.3. The normalized spacial score (nSPS) is 16.4. The molecule has 0 amide bonds. The average molecular weight is 228 g/mol.